The summed E-state index contributed by atoms with van der Waals surface area (Å²) >= 11 is 0. The topological polar surface area (TPSA) is 17.1 Å². The van der Waals surface area contributed by atoms with E-state index in [-0.39, 0.29) is 0 Å². The third kappa shape index (κ3) is 1.70. The van der Waals surface area contributed by atoms with Gasteiger partial charge in [0.25, 0.3) is 0 Å². The molecule has 1 saturated carbocycles. The predicted molar refractivity (Wildman–Crippen MR) is 46.5 cm³/mol. The summed E-state index contributed by atoms with van der Waals surface area (Å²) in [6, 6.07) is 0. The summed E-state index contributed by atoms with van der Waals surface area (Å²) in [5.74, 6) is 0.406. The van der Waals surface area contributed by atoms with Crippen LogP contribution >= 0.6 is 0 Å². The van der Waals surface area contributed by atoms with E-state index in [0.717, 1.165) is 37.7 Å². The van der Waals surface area contributed by atoms with Crippen molar-refractivity contribution in [3.8, 4) is 0 Å². The average molecular weight is 152 g/mol. The van der Waals surface area contributed by atoms with Crippen molar-refractivity contribution in [2.45, 2.75) is 46.0 Å². The van der Waals surface area contributed by atoms with Gasteiger partial charge in [0.1, 0.15) is 0 Å². The number of rotatable bonds is 2. The van der Waals surface area contributed by atoms with Crippen LogP contribution in [0.4, 0.5) is 0 Å². The maximum atomic E-state index is 11.3. The minimum Gasteiger partial charge on any atom is -0.295 e. The molecule has 0 spiro atoms. The second kappa shape index (κ2) is 3.70. The van der Waals surface area contributed by atoms with E-state index in [1.54, 1.807) is 0 Å². The minimum absolute atomic E-state index is 0.406. The molecule has 0 N–H and O–H groups in total. The molecule has 1 aliphatic carbocycles. The molecule has 62 valence electrons. The van der Waals surface area contributed by atoms with Crippen molar-refractivity contribution in [2.24, 2.45) is 0 Å². The van der Waals surface area contributed by atoms with Crippen LogP contribution in [-0.2, 0) is 4.79 Å². The summed E-state index contributed by atoms with van der Waals surface area (Å²) in [5, 5.41) is 0. The molecule has 1 fully saturated rings. The van der Waals surface area contributed by atoms with Crippen LogP contribution in [0.15, 0.2) is 11.1 Å². The van der Waals surface area contributed by atoms with Gasteiger partial charge in [0, 0.05) is 6.42 Å². The maximum absolute atomic E-state index is 11.3. The van der Waals surface area contributed by atoms with Crippen LogP contribution < -0.4 is 0 Å². The molecule has 0 heterocycles. The fraction of sp³-hybridized carbons (Fsp3) is 0.700. The van der Waals surface area contributed by atoms with Crippen LogP contribution in [0.1, 0.15) is 46.0 Å². The highest BCUT2D eigenvalue weighted by Crippen LogP contribution is 2.26. The molecule has 0 aromatic rings. The third-order valence-electron chi connectivity index (χ3n) is 2.45. The Morgan fingerprint density at radius 1 is 1.27 bits per heavy atom. The molecule has 0 saturated heterocycles. The SMILES string of the molecule is CCC(CC)=C1CCCC1=O. The van der Waals surface area contributed by atoms with Crippen LogP contribution in [0.5, 0.6) is 0 Å². The van der Waals surface area contributed by atoms with Gasteiger partial charge in [-0.3, -0.25) is 4.79 Å². The second-order valence-electron chi connectivity index (χ2n) is 3.07. The highest BCUT2D eigenvalue weighted by Gasteiger charge is 2.19. The zero-order valence-corrected chi connectivity index (χ0v) is 7.44. The lowest BCUT2D eigenvalue weighted by molar-refractivity contribution is -0.114. The average Bonchev–Trinajstić information content (AvgIpc) is 2.40. The number of Topliss-reactive ketones (excluding diaryl/α,β-unsaturated/α-hetero) is 1. The summed E-state index contributed by atoms with van der Waals surface area (Å²) in [4.78, 5) is 11.3. The predicted octanol–water partition coefficient (Wildman–Crippen LogP) is 2.86. The quantitative estimate of drug-likeness (QED) is 0.556. The zero-order valence-electron chi connectivity index (χ0n) is 7.44. The van der Waals surface area contributed by atoms with Gasteiger partial charge in [0.15, 0.2) is 5.78 Å². The third-order valence-corrected chi connectivity index (χ3v) is 2.45. The molecule has 0 amide bonds. The van der Waals surface area contributed by atoms with Crippen LogP contribution in [0, 0.1) is 0 Å². The van der Waals surface area contributed by atoms with Gasteiger partial charge in [-0.15, -0.1) is 0 Å². The minimum atomic E-state index is 0.406. The van der Waals surface area contributed by atoms with Crippen molar-refractivity contribution in [3.05, 3.63) is 11.1 Å². The van der Waals surface area contributed by atoms with Crippen molar-refractivity contribution in [1.82, 2.24) is 0 Å². The molecule has 1 nitrogen and oxygen atoms in total. The number of ketones is 1. The molecular formula is C10H16O. The van der Waals surface area contributed by atoms with Gasteiger partial charge in [-0.2, -0.15) is 0 Å². The summed E-state index contributed by atoms with van der Waals surface area (Å²) in [7, 11) is 0. The lowest BCUT2D eigenvalue weighted by Crippen LogP contribution is -1.96. The molecular weight excluding hydrogens is 136 g/mol. The molecule has 1 aliphatic rings. The van der Waals surface area contributed by atoms with E-state index >= 15 is 0 Å². The fourth-order valence-electron chi connectivity index (χ4n) is 1.77. The Kier molecular flexibility index (Phi) is 2.86. The maximum Gasteiger partial charge on any atom is 0.158 e. The zero-order chi connectivity index (χ0) is 8.27. The van der Waals surface area contributed by atoms with Crippen molar-refractivity contribution >= 4 is 5.78 Å². The van der Waals surface area contributed by atoms with Crippen LogP contribution in [0.2, 0.25) is 0 Å². The van der Waals surface area contributed by atoms with Crippen molar-refractivity contribution in [3.63, 3.8) is 0 Å². The Labute approximate surface area is 68.5 Å². The lowest BCUT2D eigenvalue weighted by Gasteiger charge is -2.03. The first-order valence-electron chi connectivity index (χ1n) is 4.53. The number of allylic oxidation sites excluding steroid dienone is 2. The monoisotopic (exact) mass is 152 g/mol. The van der Waals surface area contributed by atoms with Crippen molar-refractivity contribution in [2.75, 3.05) is 0 Å². The van der Waals surface area contributed by atoms with Gasteiger partial charge in [-0.05, 0) is 31.3 Å². The molecule has 0 atom stereocenters. The van der Waals surface area contributed by atoms with E-state index in [2.05, 4.69) is 13.8 Å². The first-order chi connectivity index (χ1) is 5.29. The number of hydrogen-bond acceptors (Lipinski definition) is 1. The highest BCUT2D eigenvalue weighted by atomic mass is 16.1. The molecule has 0 unspecified atom stereocenters. The van der Waals surface area contributed by atoms with Crippen molar-refractivity contribution < 1.29 is 4.79 Å². The highest BCUT2D eigenvalue weighted by molar-refractivity contribution is 5.98. The van der Waals surface area contributed by atoms with E-state index in [1.807, 2.05) is 0 Å². The second-order valence-corrected chi connectivity index (χ2v) is 3.07. The van der Waals surface area contributed by atoms with E-state index in [1.165, 1.54) is 5.57 Å². The number of carbonyl (C=O) groups is 1. The molecule has 11 heavy (non-hydrogen) atoms. The normalized spacial score (nSPS) is 17.6. The lowest BCUT2D eigenvalue weighted by atomic mass is 10.0. The largest absolute Gasteiger partial charge is 0.295 e. The Morgan fingerprint density at radius 2 is 1.91 bits per heavy atom. The van der Waals surface area contributed by atoms with Gasteiger partial charge in [-0.1, -0.05) is 19.4 Å². The molecule has 1 rings (SSSR count). The summed E-state index contributed by atoms with van der Waals surface area (Å²) in [5.41, 5.74) is 2.53. The summed E-state index contributed by atoms with van der Waals surface area (Å²) in [6.07, 6.45) is 5.02. The molecule has 0 aliphatic heterocycles. The molecule has 0 bridgehead atoms. The fourth-order valence-corrected chi connectivity index (χ4v) is 1.77. The van der Waals surface area contributed by atoms with Gasteiger partial charge >= 0.3 is 0 Å². The van der Waals surface area contributed by atoms with Gasteiger partial charge < -0.3 is 0 Å². The van der Waals surface area contributed by atoms with Gasteiger partial charge in [0.05, 0.1) is 0 Å². The number of hydrogen-bond donors (Lipinski definition) is 0. The van der Waals surface area contributed by atoms with E-state index in [4.69, 9.17) is 0 Å². The summed E-state index contributed by atoms with van der Waals surface area (Å²) in [6.45, 7) is 4.27. The molecule has 0 radical (unpaired) electrons. The van der Waals surface area contributed by atoms with Crippen LogP contribution in [-0.4, -0.2) is 5.78 Å². The molecule has 0 aromatic heterocycles. The smallest absolute Gasteiger partial charge is 0.158 e. The molecule has 0 aromatic carbocycles. The first kappa shape index (κ1) is 8.51. The van der Waals surface area contributed by atoms with E-state index in [0.29, 0.717) is 5.78 Å². The Hall–Kier alpha value is -0.590. The van der Waals surface area contributed by atoms with E-state index in [9.17, 15) is 4.79 Å². The molecule has 1 heteroatoms. The Bertz CT molecular complexity index is 183. The summed E-state index contributed by atoms with van der Waals surface area (Å²) < 4.78 is 0. The van der Waals surface area contributed by atoms with Crippen LogP contribution in [0.3, 0.4) is 0 Å². The standard InChI is InChI=1S/C10H16O/c1-3-8(4-2)9-6-5-7-10(9)11/h3-7H2,1-2H3. The van der Waals surface area contributed by atoms with E-state index < -0.39 is 0 Å². The van der Waals surface area contributed by atoms with Crippen molar-refractivity contribution in [1.29, 1.82) is 0 Å². The van der Waals surface area contributed by atoms with Gasteiger partial charge in [0.2, 0.25) is 0 Å². The first-order valence-corrected chi connectivity index (χ1v) is 4.53. The number of carbonyl (C=O) groups excluding carboxylic acids is 1. The Morgan fingerprint density at radius 3 is 2.27 bits per heavy atom. The van der Waals surface area contributed by atoms with Crippen LogP contribution in [0.25, 0.3) is 0 Å². The van der Waals surface area contributed by atoms with Gasteiger partial charge in [-0.25, -0.2) is 0 Å². The Balaban J connectivity index is 2.82.